The van der Waals surface area contributed by atoms with Gasteiger partial charge in [0.05, 0.1) is 5.54 Å². The minimum absolute atomic E-state index is 0.399. The van der Waals surface area contributed by atoms with Crippen LogP contribution in [0.3, 0.4) is 0 Å². The molecule has 0 aromatic heterocycles. The van der Waals surface area contributed by atoms with Gasteiger partial charge in [0.25, 0.3) is 0 Å². The van der Waals surface area contributed by atoms with Crippen LogP contribution >= 0.6 is 11.6 Å². The van der Waals surface area contributed by atoms with E-state index in [1.807, 2.05) is 44.2 Å². The van der Waals surface area contributed by atoms with E-state index >= 15 is 0 Å². The molecule has 18 heavy (non-hydrogen) atoms. The maximum Gasteiger partial charge on any atom is 0.411 e. The van der Waals surface area contributed by atoms with Crippen LogP contribution in [0, 0.1) is 0 Å². The Morgan fingerprint density at radius 1 is 1.44 bits per heavy atom. The molecule has 0 heterocycles. The maximum absolute atomic E-state index is 12.0. The summed E-state index contributed by atoms with van der Waals surface area (Å²) in [7, 11) is 1.73. The van der Waals surface area contributed by atoms with Gasteiger partial charge in [-0.3, -0.25) is 0 Å². The Hall–Kier alpha value is -1.22. The first-order valence-corrected chi connectivity index (χ1v) is 6.49. The smallest absolute Gasteiger partial charge is 0.411 e. The van der Waals surface area contributed by atoms with E-state index in [0.29, 0.717) is 0 Å². The predicted octanol–water partition coefficient (Wildman–Crippen LogP) is 3.97. The molecule has 0 spiro atoms. The average molecular weight is 270 g/mol. The molecule has 0 saturated heterocycles. The number of benzene rings is 1. The summed E-state index contributed by atoms with van der Waals surface area (Å²) in [5.74, 6) is 0. The van der Waals surface area contributed by atoms with Gasteiger partial charge in [0.15, 0.2) is 5.56 Å². The number of rotatable bonds is 4. The van der Waals surface area contributed by atoms with Crippen molar-refractivity contribution in [3.63, 3.8) is 0 Å². The monoisotopic (exact) mass is 269 g/mol. The molecule has 100 valence electrons. The summed E-state index contributed by atoms with van der Waals surface area (Å²) in [4.78, 5) is 13.6. The summed E-state index contributed by atoms with van der Waals surface area (Å²) in [6, 6.07) is 9.91. The molecule has 0 radical (unpaired) electrons. The van der Waals surface area contributed by atoms with Crippen LogP contribution < -0.4 is 0 Å². The zero-order chi connectivity index (χ0) is 13.8. The van der Waals surface area contributed by atoms with E-state index in [0.717, 1.165) is 12.0 Å². The summed E-state index contributed by atoms with van der Waals surface area (Å²) < 4.78 is 5.03. The topological polar surface area (TPSA) is 29.5 Å². The van der Waals surface area contributed by atoms with E-state index in [1.165, 1.54) is 0 Å². The predicted molar refractivity (Wildman–Crippen MR) is 73.6 cm³/mol. The second kappa shape index (κ2) is 6.10. The van der Waals surface area contributed by atoms with Gasteiger partial charge >= 0.3 is 6.09 Å². The molecule has 0 aliphatic heterocycles. The van der Waals surface area contributed by atoms with E-state index in [2.05, 4.69) is 0 Å². The Bertz CT molecular complexity index is 394. The number of amides is 1. The van der Waals surface area contributed by atoms with Gasteiger partial charge in [0.2, 0.25) is 0 Å². The molecule has 0 bridgehead atoms. The quantitative estimate of drug-likeness (QED) is 0.774. The third-order valence-corrected chi connectivity index (χ3v) is 3.45. The van der Waals surface area contributed by atoms with Gasteiger partial charge in [0.1, 0.15) is 0 Å². The van der Waals surface area contributed by atoms with Gasteiger partial charge in [-0.1, -0.05) is 48.9 Å². The number of nitrogens with zero attached hydrogens (tertiary/aromatic N) is 1. The third kappa shape index (κ3) is 3.16. The van der Waals surface area contributed by atoms with Crippen LogP contribution in [0.2, 0.25) is 0 Å². The van der Waals surface area contributed by atoms with Crippen molar-refractivity contribution in [2.45, 2.75) is 38.3 Å². The lowest BCUT2D eigenvalue weighted by Gasteiger charge is -2.38. The Morgan fingerprint density at radius 3 is 2.44 bits per heavy atom. The fourth-order valence-corrected chi connectivity index (χ4v) is 1.93. The fourth-order valence-electron chi connectivity index (χ4n) is 1.85. The number of carbonyl (C=O) groups excluding carboxylic acids is 1. The summed E-state index contributed by atoms with van der Waals surface area (Å²) in [6.07, 6.45) is 0.380. The lowest BCUT2D eigenvalue weighted by molar-refractivity contribution is 0.0618. The molecule has 1 amide bonds. The van der Waals surface area contributed by atoms with E-state index in [4.69, 9.17) is 16.3 Å². The largest absolute Gasteiger partial charge is 0.430 e. The minimum Gasteiger partial charge on any atom is -0.430 e. The standard InChI is InChI=1S/C14H20ClNO2/c1-5-14(3,12-9-7-6-8-10-12)16(4)13(17)18-11(2)15/h6-11H,5H2,1-4H3/t11-,14?/m1/s1. The Labute approximate surface area is 114 Å². The molecule has 0 saturated carbocycles. The highest BCUT2D eigenvalue weighted by Crippen LogP contribution is 2.31. The van der Waals surface area contributed by atoms with Crippen LogP contribution in [0.5, 0.6) is 0 Å². The summed E-state index contributed by atoms with van der Waals surface area (Å²) in [5, 5.41) is 0. The van der Waals surface area contributed by atoms with Gasteiger partial charge in [-0.2, -0.15) is 0 Å². The fraction of sp³-hybridized carbons (Fsp3) is 0.500. The first-order chi connectivity index (χ1) is 8.41. The minimum atomic E-state index is -0.628. The number of carbonyl (C=O) groups is 1. The first-order valence-electron chi connectivity index (χ1n) is 6.06. The molecule has 0 N–H and O–H groups in total. The zero-order valence-corrected chi connectivity index (χ0v) is 12.1. The van der Waals surface area contributed by atoms with Crippen LogP contribution in [0.25, 0.3) is 0 Å². The number of hydrogen-bond donors (Lipinski definition) is 0. The number of hydrogen-bond acceptors (Lipinski definition) is 2. The van der Waals surface area contributed by atoms with Crippen molar-refractivity contribution in [3.8, 4) is 0 Å². The third-order valence-electron chi connectivity index (χ3n) is 3.36. The normalized spacial score (nSPS) is 15.6. The highest BCUT2D eigenvalue weighted by molar-refractivity contribution is 6.19. The summed E-state index contributed by atoms with van der Waals surface area (Å²) in [6.45, 7) is 5.68. The van der Waals surface area contributed by atoms with Gasteiger partial charge in [-0.15, -0.1) is 0 Å². The second-order valence-electron chi connectivity index (χ2n) is 4.48. The molecule has 4 heteroatoms. The molecule has 0 aliphatic carbocycles. The Balaban J connectivity index is 2.98. The maximum atomic E-state index is 12.0. The highest BCUT2D eigenvalue weighted by Gasteiger charge is 2.33. The van der Waals surface area contributed by atoms with Crippen molar-refractivity contribution >= 4 is 17.7 Å². The lowest BCUT2D eigenvalue weighted by Crippen LogP contribution is -2.45. The van der Waals surface area contributed by atoms with Gasteiger partial charge < -0.3 is 9.64 Å². The molecule has 1 aromatic rings. The van der Waals surface area contributed by atoms with E-state index in [-0.39, 0.29) is 0 Å². The molecule has 0 fully saturated rings. The van der Waals surface area contributed by atoms with E-state index < -0.39 is 17.2 Å². The molecule has 3 nitrogen and oxygen atoms in total. The van der Waals surface area contributed by atoms with E-state index in [1.54, 1.807) is 18.9 Å². The van der Waals surface area contributed by atoms with Crippen molar-refractivity contribution in [1.29, 1.82) is 0 Å². The SMILES string of the molecule is CCC(C)(c1ccccc1)N(C)C(=O)O[C@H](C)Cl. The first kappa shape index (κ1) is 14.8. The van der Waals surface area contributed by atoms with Crippen molar-refractivity contribution < 1.29 is 9.53 Å². The van der Waals surface area contributed by atoms with Crippen molar-refractivity contribution in [2.24, 2.45) is 0 Å². The summed E-state index contributed by atoms with van der Waals surface area (Å²) >= 11 is 5.69. The van der Waals surface area contributed by atoms with Crippen LogP contribution in [0.4, 0.5) is 4.79 Å². The van der Waals surface area contributed by atoms with Gasteiger partial charge in [-0.05, 0) is 25.8 Å². The van der Waals surface area contributed by atoms with Crippen LogP contribution in [-0.4, -0.2) is 23.6 Å². The highest BCUT2D eigenvalue weighted by atomic mass is 35.5. The van der Waals surface area contributed by atoms with Crippen molar-refractivity contribution in [1.82, 2.24) is 4.90 Å². The number of ether oxygens (including phenoxy) is 1. The van der Waals surface area contributed by atoms with Crippen LogP contribution in [0.1, 0.15) is 32.8 Å². The Kier molecular flexibility index (Phi) is 5.03. The van der Waals surface area contributed by atoms with Crippen molar-refractivity contribution in [3.05, 3.63) is 35.9 Å². The molecular weight excluding hydrogens is 250 g/mol. The van der Waals surface area contributed by atoms with Gasteiger partial charge in [0, 0.05) is 7.05 Å². The molecule has 1 aromatic carbocycles. The second-order valence-corrected chi connectivity index (χ2v) is 5.09. The average Bonchev–Trinajstić information content (AvgIpc) is 2.37. The van der Waals surface area contributed by atoms with Crippen molar-refractivity contribution in [2.75, 3.05) is 7.05 Å². The number of alkyl halides is 1. The molecule has 0 aliphatic rings. The molecule has 1 rings (SSSR count). The number of halogens is 1. The molecular formula is C14H20ClNO2. The summed E-state index contributed by atoms with van der Waals surface area (Å²) in [5.41, 5.74) is 0.0513. The van der Waals surface area contributed by atoms with Crippen LogP contribution in [0.15, 0.2) is 30.3 Å². The lowest BCUT2D eigenvalue weighted by atomic mass is 9.88. The van der Waals surface area contributed by atoms with Crippen LogP contribution in [-0.2, 0) is 10.3 Å². The Morgan fingerprint density at radius 2 is 2.00 bits per heavy atom. The molecule has 1 unspecified atom stereocenters. The van der Waals surface area contributed by atoms with Gasteiger partial charge in [-0.25, -0.2) is 4.79 Å². The molecule has 2 atom stereocenters. The zero-order valence-electron chi connectivity index (χ0n) is 11.3. The van der Waals surface area contributed by atoms with E-state index in [9.17, 15) is 4.79 Å².